The standard InChI is InChI=1S/C18H20BrNO2/c1-13-9-16(19)10-14(2)18(13)22-12-17(21)20(3)11-15-7-5-4-6-8-15/h4-10H,11-12H2,1-3H3. The van der Waals surface area contributed by atoms with E-state index in [1.165, 1.54) is 0 Å². The number of ether oxygens (including phenoxy) is 1. The summed E-state index contributed by atoms with van der Waals surface area (Å²) < 4.78 is 6.75. The van der Waals surface area contributed by atoms with E-state index in [1.54, 1.807) is 11.9 Å². The number of carbonyl (C=O) groups excluding carboxylic acids is 1. The van der Waals surface area contributed by atoms with Crippen molar-refractivity contribution in [1.29, 1.82) is 0 Å². The summed E-state index contributed by atoms with van der Waals surface area (Å²) in [5.41, 5.74) is 3.14. The highest BCUT2D eigenvalue weighted by Crippen LogP contribution is 2.27. The number of hydrogen-bond donors (Lipinski definition) is 0. The fourth-order valence-electron chi connectivity index (χ4n) is 2.31. The number of benzene rings is 2. The molecule has 0 heterocycles. The van der Waals surface area contributed by atoms with Crippen LogP contribution >= 0.6 is 15.9 Å². The fraction of sp³-hybridized carbons (Fsp3) is 0.278. The molecular weight excluding hydrogens is 342 g/mol. The number of rotatable bonds is 5. The molecule has 0 bridgehead atoms. The second-order valence-electron chi connectivity index (χ2n) is 5.39. The zero-order valence-corrected chi connectivity index (χ0v) is 14.7. The third-order valence-electron chi connectivity index (χ3n) is 3.45. The van der Waals surface area contributed by atoms with Gasteiger partial charge in [0.15, 0.2) is 6.61 Å². The molecule has 2 aromatic rings. The smallest absolute Gasteiger partial charge is 0.260 e. The van der Waals surface area contributed by atoms with Crippen LogP contribution in [-0.4, -0.2) is 24.5 Å². The van der Waals surface area contributed by atoms with Gasteiger partial charge in [-0.05, 0) is 42.7 Å². The van der Waals surface area contributed by atoms with Crippen LogP contribution in [0.3, 0.4) is 0 Å². The van der Waals surface area contributed by atoms with Crippen LogP contribution in [-0.2, 0) is 11.3 Å². The number of amides is 1. The van der Waals surface area contributed by atoms with Gasteiger partial charge in [-0.1, -0.05) is 46.3 Å². The molecule has 116 valence electrons. The molecular formula is C18H20BrNO2. The van der Waals surface area contributed by atoms with Crippen molar-refractivity contribution in [1.82, 2.24) is 4.90 Å². The quantitative estimate of drug-likeness (QED) is 0.801. The van der Waals surface area contributed by atoms with Crippen molar-refractivity contribution in [2.24, 2.45) is 0 Å². The van der Waals surface area contributed by atoms with E-state index in [1.807, 2.05) is 56.3 Å². The highest BCUT2D eigenvalue weighted by molar-refractivity contribution is 9.10. The minimum Gasteiger partial charge on any atom is -0.483 e. The van der Waals surface area contributed by atoms with Crippen LogP contribution in [0.1, 0.15) is 16.7 Å². The molecule has 4 heteroatoms. The topological polar surface area (TPSA) is 29.5 Å². The minimum atomic E-state index is -0.0365. The third-order valence-corrected chi connectivity index (χ3v) is 3.91. The summed E-state index contributed by atoms with van der Waals surface area (Å²) in [5, 5.41) is 0. The SMILES string of the molecule is Cc1cc(Br)cc(C)c1OCC(=O)N(C)Cc1ccccc1. The number of likely N-dealkylation sites (N-methyl/N-ethyl adjacent to an activating group) is 1. The van der Waals surface area contributed by atoms with E-state index >= 15 is 0 Å². The first-order chi connectivity index (χ1) is 10.5. The van der Waals surface area contributed by atoms with E-state index in [-0.39, 0.29) is 12.5 Å². The van der Waals surface area contributed by atoms with Gasteiger partial charge in [0.1, 0.15) is 5.75 Å². The number of halogens is 1. The maximum absolute atomic E-state index is 12.2. The maximum Gasteiger partial charge on any atom is 0.260 e. The Kier molecular flexibility index (Phi) is 5.61. The van der Waals surface area contributed by atoms with E-state index in [0.717, 1.165) is 26.9 Å². The number of carbonyl (C=O) groups is 1. The van der Waals surface area contributed by atoms with Crippen molar-refractivity contribution in [2.45, 2.75) is 20.4 Å². The number of nitrogens with zero attached hydrogens (tertiary/aromatic N) is 1. The minimum absolute atomic E-state index is 0.0365. The van der Waals surface area contributed by atoms with Crippen LogP contribution in [0.15, 0.2) is 46.9 Å². The Morgan fingerprint density at radius 3 is 2.32 bits per heavy atom. The lowest BCUT2D eigenvalue weighted by Gasteiger charge is -2.19. The van der Waals surface area contributed by atoms with Crippen molar-refractivity contribution in [3.63, 3.8) is 0 Å². The maximum atomic E-state index is 12.2. The van der Waals surface area contributed by atoms with Gasteiger partial charge in [-0.3, -0.25) is 4.79 Å². The van der Waals surface area contributed by atoms with Gasteiger partial charge in [0.25, 0.3) is 5.91 Å². The van der Waals surface area contributed by atoms with Crippen molar-refractivity contribution in [2.75, 3.05) is 13.7 Å². The summed E-state index contributed by atoms with van der Waals surface area (Å²) >= 11 is 3.46. The van der Waals surface area contributed by atoms with Gasteiger partial charge in [0.2, 0.25) is 0 Å². The summed E-state index contributed by atoms with van der Waals surface area (Å²) in [7, 11) is 1.79. The van der Waals surface area contributed by atoms with Crippen LogP contribution in [0.4, 0.5) is 0 Å². The Bertz CT molecular complexity index is 632. The molecule has 2 aromatic carbocycles. The second kappa shape index (κ2) is 7.45. The highest BCUT2D eigenvalue weighted by Gasteiger charge is 2.12. The molecule has 0 atom stereocenters. The van der Waals surface area contributed by atoms with Crippen molar-refractivity contribution >= 4 is 21.8 Å². The molecule has 22 heavy (non-hydrogen) atoms. The van der Waals surface area contributed by atoms with Gasteiger partial charge in [-0.2, -0.15) is 0 Å². The van der Waals surface area contributed by atoms with Crippen molar-refractivity contribution in [3.8, 4) is 5.75 Å². The van der Waals surface area contributed by atoms with E-state index < -0.39 is 0 Å². The molecule has 0 saturated carbocycles. The molecule has 0 aliphatic carbocycles. The fourth-order valence-corrected chi connectivity index (χ4v) is 3.00. The average molecular weight is 362 g/mol. The average Bonchev–Trinajstić information content (AvgIpc) is 2.46. The lowest BCUT2D eigenvalue weighted by Crippen LogP contribution is -2.31. The van der Waals surface area contributed by atoms with Gasteiger partial charge in [0, 0.05) is 18.1 Å². The Morgan fingerprint density at radius 2 is 1.73 bits per heavy atom. The number of aryl methyl sites for hydroxylation is 2. The summed E-state index contributed by atoms with van der Waals surface area (Å²) in [6.07, 6.45) is 0. The molecule has 0 aliphatic heterocycles. The van der Waals surface area contributed by atoms with Crippen molar-refractivity contribution < 1.29 is 9.53 Å². The van der Waals surface area contributed by atoms with Gasteiger partial charge < -0.3 is 9.64 Å². The molecule has 1 amide bonds. The molecule has 0 saturated heterocycles. The van der Waals surface area contributed by atoms with Crippen LogP contribution in [0, 0.1) is 13.8 Å². The van der Waals surface area contributed by atoms with Gasteiger partial charge >= 0.3 is 0 Å². The first-order valence-corrected chi connectivity index (χ1v) is 7.94. The Labute approximate surface area is 140 Å². The lowest BCUT2D eigenvalue weighted by molar-refractivity contribution is -0.132. The summed E-state index contributed by atoms with van der Waals surface area (Å²) in [6, 6.07) is 13.9. The third kappa shape index (κ3) is 4.34. The summed E-state index contributed by atoms with van der Waals surface area (Å²) in [6.45, 7) is 4.59. The van der Waals surface area contributed by atoms with Crippen molar-refractivity contribution in [3.05, 3.63) is 63.6 Å². The zero-order chi connectivity index (χ0) is 16.1. The lowest BCUT2D eigenvalue weighted by atomic mass is 10.1. The molecule has 0 radical (unpaired) electrons. The molecule has 0 fully saturated rings. The van der Waals surface area contributed by atoms with Gasteiger partial charge in [-0.15, -0.1) is 0 Å². The normalized spacial score (nSPS) is 10.4. The molecule has 0 aromatic heterocycles. The zero-order valence-electron chi connectivity index (χ0n) is 13.1. The van der Waals surface area contributed by atoms with E-state index in [0.29, 0.717) is 6.54 Å². The highest BCUT2D eigenvalue weighted by atomic mass is 79.9. The van der Waals surface area contributed by atoms with Crippen LogP contribution in [0.25, 0.3) is 0 Å². The molecule has 0 unspecified atom stereocenters. The van der Waals surface area contributed by atoms with E-state index in [2.05, 4.69) is 15.9 Å². The first-order valence-electron chi connectivity index (χ1n) is 7.15. The first kappa shape index (κ1) is 16.6. The molecule has 0 N–H and O–H groups in total. The van der Waals surface area contributed by atoms with Crippen LogP contribution < -0.4 is 4.74 Å². The van der Waals surface area contributed by atoms with E-state index in [4.69, 9.17) is 4.74 Å². The van der Waals surface area contributed by atoms with Crippen LogP contribution in [0.5, 0.6) is 5.75 Å². The van der Waals surface area contributed by atoms with Gasteiger partial charge in [-0.25, -0.2) is 0 Å². The predicted molar refractivity (Wildman–Crippen MR) is 92.0 cm³/mol. The Balaban J connectivity index is 1.95. The number of hydrogen-bond acceptors (Lipinski definition) is 2. The summed E-state index contributed by atoms with van der Waals surface area (Å²) in [5.74, 6) is 0.746. The molecule has 3 nitrogen and oxygen atoms in total. The summed E-state index contributed by atoms with van der Waals surface area (Å²) in [4.78, 5) is 13.9. The second-order valence-corrected chi connectivity index (χ2v) is 6.31. The monoisotopic (exact) mass is 361 g/mol. The molecule has 0 aliphatic rings. The Hall–Kier alpha value is -1.81. The van der Waals surface area contributed by atoms with Crippen LogP contribution in [0.2, 0.25) is 0 Å². The largest absolute Gasteiger partial charge is 0.483 e. The predicted octanol–water partition coefficient (Wildman–Crippen LogP) is 4.10. The van der Waals surface area contributed by atoms with Gasteiger partial charge in [0.05, 0.1) is 0 Å². The molecule has 0 spiro atoms. The van der Waals surface area contributed by atoms with E-state index in [9.17, 15) is 4.79 Å². The molecule has 2 rings (SSSR count). The Morgan fingerprint density at radius 1 is 1.14 bits per heavy atom.